The first kappa shape index (κ1) is 43.1. The summed E-state index contributed by atoms with van der Waals surface area (Å²) in [7, 11) is 4.87. The predicted molar refractivity (Wildman–Crippen MR) is 201 cm³/mol. The summed E-state index contributed by atoms with van der Waals surface area (Å²) in [5, 5.41) is 19.3. The normalized spacial score (nSPS) is 21.8. The Balaban J connectivity index is 1.74. The van der Waals surface area contributed by atoms with Crippen molar-refractivity contribution < 1.29 is 33.8 Å². The van der Waals surface area contributed by atoms with Crippen molar-refractivity contribution in [2.75, 3.05) is 54.1 Å². The smallest absolute Gasteiger partial charge is 0.318 e. The third-order valence-electron chi connectivity index (χ3n) is 11.1. The van der Waals surface area contributed by atoms with E-state index in [2.05, 4.69) is 16.0 Å². The number of nitrogens with zero attached hydrogens (tertiary/aromatic N) is 3. The third-order valence-corrected chi connectivity index (χ3v) is 11.1. The van der Waals surface area contributed by atoms with E-state index in [-0.39, 0.29) is 60.7 Å². The van der Waals surface area contributed by atoms with Crippen molar-refractivity contribution in [3.8, 4) is 0 Å². The van der Waals surface area contributed by atoms with Gasteiger partial charge >= 0.3 is 6.03 Å². The van der Waals surface area contributed by atoms with E-state index in [0.717, 1.165) is 18.4 Å². The molecule has 4 unspecified atom stereocenters. The highest BCUT2D eigenvalue weighted by Crippen LogP contribution is 2.30. The lowest BCUT2D eigenvalue weighted by molar-refractivity contribution is -0.147. The molecule has 9 atom stereocenters. The molecule has 2 saturated heterocycles. The highest BCUT2D eigenvalue weighted by Gasteiger charge is 2.43. The topological polar surface area (TPSA) is 153 Å². The van der Waals surface area contributed by atoms with Crippen LogP contribution < -0.4 is 16.0 Å². The molecule has 3 rings (SSSR count). The number of hydrogen-bond donors (Lipinski definition) is 4. The maximum absolute atomic E-state index is 14.2. The summed E-state index contributed by atoms with van der Waals surface area (Å²) in [6, 6.07) is 7.47. The van der Waals surface area contributed by atoms with Gasteiger partial charge in [0.1, 0.15) is 6.04 Å². The Hall–Kier alpha value is -3.26. The number of rotatable bonds is 18. The summed E-state index contributed by atoms with van der Waals surface area (Å²) in [5.41, 5.74) is 1.01. The van der Waals surface area contributed by atoms with E-state index in [4.69, 9.17) is 9.47 Å². The van der Waals surface area contributed by atoms with Crippen LogP contribution in [0.1, 0.15) is 72.8 Å². The largest absolute Gasteiger partial charge is 0.394 e. The van der Waals surface area contributed by atoms with Crippen LogP contribution >= 0.6 is 0 Å². The van der Waals surface area contributed by atoms with Crippen LogP contribution in [0.3, 0.4) is 0 Å². The summed E-state index contributed by atoms with van der Waals surface area (Å²) in [5.74, 6) is -1.36. The highest BCUT2D eigenvalue weighted by atomic mass is 16.5. The third kappa shape index (κ3) is 11.1. The zero-order valence-electron chi connectivity index (χ0n) is 33.0. The molecule has 13 heteroatoms. The number of nitrogens with one attached hydrogen (secondary N) is 3. The monoisotopic (exact) mass is 730 g/mol. The van der Waals surface area contributed by atoms with Crippen molar-refractivity contribution in [1.82, 2.24) is 30.7 Å². The molecule has 0 aromatic heterocycles. The van der Waals surface area contributed by atoms with Gasteiger partial charge in [-0.2, -0.15) is 0 Å². The minimum atomic E-state index is -0.754. The van der Waals surface area contributed by atoms with E-state index >= 15 is 0 Å². The lowest BCUT2D eigenvalue weighted by atomic mass is 9.89. The molecule has 0 bridgehead atoms. The Morgan fingerprint density at radius 1 is 1.02 bits per heavy atom. The van der Waals surface area contributed by atoms with Crippen LogP contribution in [0.15, 0.2) is 30.3 Å². The lowest BCUT2D eigenvalue weighted by Crippen LogP contribution is -2.61. The fraction of sp³-hybridized carbons (Fsp3) is 0.744. The number of methoxy groups -OCH3 is 2. The number of ether oxygens (including phenoxy) is 2. The molecule has 4 N–H and O–H groups in total. The number of carbonyl (C=O) groups excluding carboxylic acids is 4. The molecule has 0 spiro atoms. The average molecular weight is 731 g/mol. The fourth-order valence-corrected chi connectivity index (χ4v) is 7.79. The van der Waals surface area contributed by atoms with Crippen LogP contribution in [0, 0.1) is 17.8 Å². The number of carbonyl (C=O) groups is 4. The number of aliphatic hydroxyl groups is 1. The van der Waals surface area contributed by atoms with Crippen molar-refractivity contribution in [1.29, 1.82) is 0 Å². The first-order chi connectivity index (χ1) is 24.8. The number of urea groups is 1. The van der Waals surface area contributed by atoms with Crippen LogP contribution in [0.2, 0.25) is 0 Å². The van der Waals surface area contributed by atoms with Crippen LogP contribution in [-0.2, 0) is 30.3 Å². The van der Waals surface area contributed by atoms with Gasteiger partial charge in [0.05, 0.1) is 49.3 Å². The van der Waals surface area contributed by atoms with Gasteiger partial charge in [-0.25, -0.2) is 4.79 Å². The Labute approximate surface area is 311 Å². The summed E-state index contributed by atoms with van der Waals surface area (Å²) >= 11 is 0. The SMILES string of the molecule is CC[C@H](C)[C@@H]([C@@H](CC(=O)N1CCCC1[C@H](OC)[C@@H](C)C(=O)NC(CO)Cc1ccccc1)OC)N(C)C(=O)C(NC(=O)N1CCNCC1C)C(C)C. The molecule has 0 saturated carbocycles. The summed E-state index contributed by atoms with van der Waals surface area (Å²) in [6.45, 7) is 14.0. The molecule has 1 aromatic carbocycles. The Morgan fingerprint density at radius 2 is 1.71 bits per heavy atom. The summed E-state index contributed by atoms with van der Waals surface area (Å²) in [4.78, 5) is 60.4. The standard InChI is InChI=1S/C39H66N6O7/c1-10-26(4)35(43(7)38(49)34(25(2)3)42-39(50)44-20-18-40-23-27(44)5)32(51-8)22-33(47)45-19-14-17-31(45)36(52-9)28(6)37(48)41-30(24-46)21-29-15-12-11-13-16-29/h11-13,15-16,25-28,30-32,34-36,40,46H,10,14,17-24H2,1-9H3,(H,41,48)(H,42,50)/t26-,27?,28+,30?,31?,32+,34?,35-,36+/m0/s1. The van der Waals surface area contributed by atoms with Crippen molar-refractivity contribution in [2.24, 2.45) is 17.8 Å². The molecule has 52 heavy (non-hydrogen) atoms. The van der Waals surface area contributed by atoms with E-state index in [9.17, 15) is 24.3 Å². The molecule has 1 aromatic rings. The molecule has 0 aliphatic carbocycles. The second-order valence-electron chi connectivity index (χ2n) is 15.1. The van der Waals surface area contributed by atoms with Gasteiger partial charge in [-0.1, -0.05) is 71.4 Å². The Kier molecular flexibility index (Phi) is 17.3. The number of likely N-dealkylation sites (tertiary alicyclic amines) is 1. The second-order valence-corrected chi connectivity index (χ2v) is 15.1. The summed E-state index contributed by atoms with van der Waals surface area (Å²) in [6.07, 6.45) is 1.56. The van der Waals surface area contributed by atoms with Gasteiger partial charge < -0.3 is 45.2 Å². The number of piperazine rings is 1. The van der Waals surface area contributed by atoms with Gasteiger partial charge in [0.25, 0.3) is 0 Å². The quantitative estimate of drug-likeness (QED) is 0.180. The molecule has 5 amide bonds. The second kappa shape index (κ2) is 20.8. The highest BCUT2D eigenvalue weighted by molar-refractivity contribution is 5.88. The fourth-order valence-electron chi connectivity index (χ4n) is 7.79. The van der Waals surface area contributed by atoms with Gasteiger partial charge in [0.15, 0.2) is 0 Å². The maximum atomic E-state index is 14.2. The van der Waals surface area contributed by atoms with Crippen molar-refractivity contribution in [2.45, 2.75) is 116 Å². The molecule has 2 heterocycles. The van der Waals surface area contributed by atoms with Crippen molar-refractivity contribution in [3.05, 3.63) is 35.9 Å². The molecule has 13 nitrogen and oxygen atoms in total. The molecule has 2 aliphatic heterocycles. The van der Waals surface area contributed by atoms with E-state index in [1.54, 1.807) is 42.9 Å². The number of amides is 5. The van der Waals surface area contributed by atoms with Crippen molar-refractivity contribution >= 4 is 23.8 Å². The lowest BCUT2D eigenvalue weighted by Gasteiger charge is -2.41. The number of likely N-dealkylation sites (N-methyl/N-ethyl adjacent to an activating group) is 1. The predicted octanol–water partition coefficient (Wildman–Crippen LogP) is 2.65. The number of benzene rings is 1. The average Bonchev–Trinajstić information content (AvgIpc) is 3.63. The zero-order chi connectivity index (χ0) is 38.5. The minimum Gasteiger partial charge on any atom is -0.394 e. The molecular formula is C39H66N6O7. The Bertz CT molecular complexity index is 1280. The molecule has 2 aliphatic rings. The van der Waals surface area contributed by atoms with E-state index in [0.29, 0.717) is 39.0 Å². The van der Waals surface area contributed by atoms with Crippen LogP contribution in [-0.4, -0.2) is 140 Å². The number of aliphatic hydroxyl groups excluding tert-OH is 1. The van der Waals surface area contributed by atoms with E-state index in [1.807, 2.05) is 65.0 Å². The van der Waals surface area contributed by atoms with Gasteiger partial charge in [-0.15, -0.1) is 0 Å². The van der Waals surface area contributed by atoms with Gasteiger partial charge in [0.2, 0.25) is 17.7 Å². The molecule has 294 valence electrons. The van der Waals surface area contributed by atoms with E-state index < -0.39 is 36.3 Å². The van der Waals surface area contributed by atoms with E-state index in [1.165, 1.54) is 0 Å². The maximum Gasteiger partial charge on any atom is 0.318 e. The molecular weight excluding hydrogens is 664 g/mol. The van der Waals surface area contributed by atoms with Gasteiger partial charge in [-0.05, 0) is 43.6 Å². The molecule has 0 radical (unpaired) electrons. The first-order valence-electron chi connectivity index (χ1n) is 19.1. The summed E-state index contributed by atoms with van der Waals surface area (Å²) < 4.78 is 11.9. The zero-order valence-corrected chi connectivity index (χ0v) is 33.0. The minimum absolute atomic E-state index is 0.00715. The van der Waals surface area contributed by atoms with Crippen LogP contribution in [0.5, 0.6) is 0 Å². The van der Waals surface area contributed by atoms with Crippen LogP contribution in [0.4, 0.5) is 4.79 Å². The molecule has 2 fully saturated rings. The Morgan fingerprint density at radius 3 is 2.29 bits per heavy atom. The van der Waals surface area contributed by atoms with Gasteiger partial charge in [0, 0.05) is 53.5 Å². The van der Waals surface area contributed by atoms with Crippen LogP contribution in [0.25, 0.3) is 0 Å². The van der Waals surface area contributed by atoms with Crippen molar-refractivity contribution in [3.63, 3.8) is 0 Å². The number of hydrogen-bond acceptors (Lipinski definition) is 8. The first-order valence-corrected chi connectivity index (χ1v) is 19.1. The van der Waals surface area contributed by atoms with Gasteiger partial charge in [-0.3, -0.25) is 14.4 Å².